The summed E-state index contributed by atoms with van der Waals surface area (Å²) in [6, 6.07) is 0.639. The largest absolute Gasteiger partial charge is 0.417 e. The van der Waals surface area contributed by atoms with Gasteiger partial charge in [0.15, 0.2) is 0 Å². The molecule has 2 unspecified atom stereocenters. The summed E-state index contributed by atoms with van der Waals surface area (Å²) in [5.74, 6) is -4.15. The summed E-state index contributed by atoms with van der Waals surface area (Å²) in [5, 5.41) is 11.6. The lowest BCUT2D eigenvalue weighted by Crippen LogP contribution is -2.60. The first-order valence-corrected chi connectivity index (χ1v) is 16.4. The van der Waals surface area contributed by atoms with E-state index in [9.17, 15) is 14.3 Å². The fraction of sp³-hybridized carbons (Fsp3) is 0.500. The van der Waals surface area contributed by atoms with E-state index in [0.717, 1.165) is 24.2 Å². The highest BCUT2D eigenvalue weighted by atomic mass is 32.2. The number of carbonyl (C=O) groups is 1. The van der Waals surface area contributed by atoms with Gasteiger partial charge in [-0.3, -0.25) is 9.69 Å². The minimum atomic E-state index is -5.08. The van der Waals surface area contributed by atoms with Crippen molar-refractivity contribution in [2.24, 2.45) is 4.99 Å². The molecule has 0 radical (unpaired) electrons. The van der Waals surface area contributed by atoms with Gasteiger partial charge in [0.05, 0.1) is 29.5 Å². The number of nitrogens with zero attached hydrogens (tertiary/aromatic N) is 5. The van der Waals surface area contributed by atoms with Gasteiger partial charge >= 0.3 is 6.18 Å². The van der Waals surface area contributed by atoms with Gasteiger partial charge < -0.3 is 24.5 Å². The van der Waals surface area contributed by atoms with Crippen LogP contribution in [0.4, 0.5) is 32.0 Å². The van der Waals surface area contributed by atoms with Crippen LogP contribution in [0.5, 0.6) is 0 Å². The molecule has 7 rings (SSSR count). The third-order valence-corrected chi connectivity index (χ3v) is 11.0. The van der Waals surface area contributed by atoms with Crippen molar-refractivity contribution < 1.29 is 41.0 Å². The smallest absolute Gasteiger partial charge is 0.375 e. The second kappa shape index (κ2) is 11.7. The molecule has 0 saturated carbocycles. The molecular weight excluding hydrogens is 648 g/mol. The normalized spacial score (nSPS) is 29.1. The maximum atomic E-state index is 15.4. The van der Waals surface area contributed by atoms with Crippen molar-refractivity contribution in [2.75, 3.05) is 43.4 Å². The van der Waals surface area contributed by atoms with Crippen LogP contribution in [0.3, 0.4) is 0 Å². The van der Waals surface area contributed by atoms with E-state index < -0.39 is 46.7 Å². The van der Waals surface area contributed by atoms with Crippen molar-refractivity contribution in [3.63, 3.8) is 0 Å². The lowest BCUT2D eigenvalue weighted by atomic mass is 9.92. The van der Waals surface area contributed by atoms with Gasteiger partial charge in [-0.25, -0.2) is 18.2 Å². The first kappa shape index (κ1) is 32.3. The number of thioether (sulfide) groups is 1. The first-order chi connectivity index (χ1) is 22.3. The van der Waals surface area contributed by atoms with E-state index in [4.69, 9.17) is 4.74 Å². The number of carbonyl (C=O) groups excluding carboxylic acids is 1. The molecule has 0 aliphatic carbocycles. The number of alkyl halides is 3. The van der Waals surface area contributed by atoms with Crippen molar-refractivity contribution in [3.8, 4) is 11.1 Å². The summed E-state index contributed by atoms with van der Waals surface area (Å²) < 4.78 is 95.7. The number of aliphatic hydroxyl groups excluding tert-OH is 1. The van der Waals surface area contributed by atoms with Crippen LogP contribution in [-0.2, 0) is 15.7 Å². The second-order valence-corrected chi connectivity index (χ2v) is 13.8. The maximum Gasteiger partial charge on any atom is 0.417 e. The summed E-state index contributed by atoms with van der Waals surface area (Å²) >= 11 is 1.03. The molecule has 1 N–H and O–H groups in total. The van der Waals surface area contributed by atoms with Gasteiger partial charge in [0.25, 0.3) is 0 Å². The molecule has 15 heteroatoms. The highest BCUT2D eigenvalue weighted by Gasteiger charge is 2.48. The zero-order chi connectivity index (χ0) is 33.5. The number of benzene rings is 2. The van der Waals surface area contributed by atoms with Gasteiger partial charge in [-0.2, -0.15) is 13.2 Å². The van der Waals surface area contributed by atoms with E-state index in [1.54, 1.807) is 23.6 Å². The Balaban J connectivity index is 1.42. The molecule has 5 aliphatic rings. The summed E-state index contributed by atoms with van der Waals surface area (Å²) in [6.07, 6.45) is -4.55. The number of anilines is 1. The number of amides is 1. The Morgan fingerprint density at radius 2 is 1.72 bits per heavy atom. The van der Waals surface area contributed by atoms with Crippen LogP contribution in [0, 0.1) is 17.5 Å². The Kier molecular flexibility index (Phi) is 8.04. The van der Waals surface area contributed by atoms with E-state index >= 15 is 22.0 Å². The summed E-state index contributed by atoms with van der Waals surface area (Å²) in [7, 11) is 0. The van der Waals surface area contributed by atoms with Gasteiger partial charge in [0.1, 0.15) is 23.3 Å². The Hall–Kier alpha value is -3.27. The van der Waals surface area contributed by atoms with Crippen LogP contribution in [0.1, 0.15) is 31.4 Å². The number of halogens is 6. The third-order valence-electron chi connectivity index (χ3n) is 9.75. The van der Waals surface area contributed by atoms with Crippen LogP contribution >= 0.6 is 11.8 Å². The molecule has 3 saturated heterocycles. The SMILES string of the molecule is C=CC(=O)N1[C@H](C)CN(C2=NC(O)N3CC(N4C[C@@H]5C[C@H]4CO5)CSc4c(-c5c(F)cc(F)cc5F)c(C(F)(F)F)cc2c43)C[C@@H]1C. The molecule has 252 valence electrons. The van der Waals surface area contributed by atoms with Crippen molar-refractivity contribution in [1.29, 1.82) is 0 Å². The highest BCUT2D eigenvalue weighted by Crippen LogP contribution is 2.53. The van der Waals surface area contributed by atoms with Gasteiger partial charge in [-0.05, 0) is 32.4 Å². The minimum absolute atomic E-state index is 0.0347. The lowest BCUT2D eigenvalue weighted by Gasteiger charge is -2.47. The zero-order valence-corrected chi connectivity index (χ0v) is 26.4. The molecule has 8 nitrogen and oxygen atoms in total. The number of hydrogen-bond acceptors (Lipinski definition) is 8. The topological polar surface area (TPSA) is 71.9 Å². The molecule has 0 spiro atoms. The number of fused-ring (bicyclic) bond motifs is 2. The van der Waals surface area contributed by atoms with Crippen molar-refractivity contribution in [3.05, 3.63) is 59.4 Å². The Morgan fingerprint density at radius 1 is 1.04 bits per heavy atom. The standard InChI is InChI=1S/C32H33F6N5O3S/c1-4-25(44)43-15(2)9-40(10-16(43)3)30-21-8-22(32(36,37)38)26(27-23(34)5-17(33)6-24(27)35)29-28(21)42(31(45)39-30)11-19(14-47-29)41-12-20-7-18(41)13-46-20/h4-6,8,15-16,18-20,31,45H,1,7,9-14H2,2-3H3/t15-,16+,18-,19?,20-,31?/m0/s1. The number of piperazine rings is 1. The Bertz CT molecular complexity index is 1640. The van der Waals surface area contributed by atoms with Crippen LogP contribution in [0.15, 0.2) is 40.7 Å². The molecule has 2 bridgehead atoms. The van der Waals surface area contributed by atoms with E-state index in [-0.39, 0.29) is 83.5 Å². The van der Waals surface area contributed by atoms with Crippen LogP contribution in [0.2, 0.25) is 0 Å². The van der Waals surface area contributed by atoms with Crippen LogP contribution < -0.4 is 4.90 Å². The number of aliphatic hydroxyl groups is 1. The number of amidine groups is 1. The zero-order valence-electron chi connectivity index (χ0n) is 25.6. The molecule has 3 fully saturated rings. The van der Waals surface area contributed by atoms with Crippen LogP contribution in [-0.4, -0.2) is 107 Å². The molecule has 5 heterocycles. The molecule has 1 amide bonds. The molecule has 5 aliphatic heterocycles. The molecular formula is C32H33F6N5O3S. The third kappa shape index (κ3) is 5.39. The highest BCUT2D eigenvalue weighted by molar-refractivity contribution is 7.99. The van der Waals surface area contributed by atoms with Crippen molar-refractivity contribution in [1.82, 2.24) is 14.7 Å². The maximum absolute atomic E-state index is 15.4. The van der Waals surface area contributed by atoms with Gasteiger partial charge in [-0.15, -0.1) is 11.8 Å². The van der Waals surface area contributed by atoms with E-state index in [0.29, 0.717) is 25.3 Å². The fourth-order valence-electron chi connectivity index (χ4n) is 7.87. The number of likely N-dealkylation sites (tertiary alicyclic amines) is 1. The molecule has 6 atom stereocenters. The molecule has 2 aromatic rings. The predicted molar refractivity (Wildman–Crippen MR) is 164 cm³/mol. The van der Waals surface area contributed by atoms with E-state index in [1.807, 2.05) is 0 Å². The molecule has 47 heavy (non-hydrogen) atoms. The van der Waals surface area contributed by atoms with Crippen molar-refractivity contribution >= 4 is 29.2 Å². The first-order valence-electron chi connectivity index (χ1n) is 15.4. The number of ether oxygens (including phenoxy) is 1. The Morgan fingerprint density at radius 3 is 2.30 bits per heavy atom. The van der Waals surface area contributed by atoms with Gasteiger partial charge in [0, 0.05) is 84.3 Å². The van der Waals surface area contributed by atoms with E-state index in [2.05, 4.69) is 16.5 Å². The number of rotatable bonds is 3. The lowest BCUT2D eigenvalue weighted by molar-refractivity contribution is -0.137. The average molecular weight is 682 g/mol. The monoisotopic (exact) mass is 681 g/mol. The van der Waals surface area contributed by atoms with E-state index in [1.165, 1.54) is 11.0 Å². The summed E-state index contributed by atoms with van der Waals surface area (Å²) in [4.78, 5) is 24.1. The quantitative estimate of drug-likeness (QED) is 0.373. The van der Waals surface area contributed by atoms with Crippen LogP contribution in [0.25, 0.3) is 11.1 Å². The predicted octanol–water partition coefficient (Wildman–Crippen LogP) is 4.69. The number of morpholine rings is 1. The molecule has 0 aromatic heterocycles. The van der Waals surface area contributed by atoms with Gasteiger partial charge in [0.2, 0.25) is 12.3 Å². The minimum Gasteiger partial charge on any atom is -0.375 e. The summed E-state index contributed by atoms with van der Waals surface area (Å²) in [5.41, 5.74) is -2.82. The van der Waals surface area contributed by atoms with Crippen molar-refractivity contribution in [2.45, 2.75) is 68.0 Å². The number of aliphatic imine (C=N–C) groups is 1. The number of hydrogen-bond donors (Lipinski definition) is 1. The average Bonchev–Trinajstić information content (AvgIpc) is 3.57. The Labute approximate surface area is 271 Å². The fourth-order valence-corrected chi connectivity index (χ4v) is 9.25. The molecule has 2 aromatic carbocycles. The second-order valence-electron chi connectivity index (χ2n) is 12.8. The van der Waals surface area contributed by atoms with Gasteiger partial charge in [-0.1, -0.05) is 6.58 Å². The summed E-state index contributed by atoms with van der Waals surface area (Å²) in [6.45, 7) is 8.87.